The summed E-state index contributed by atoms with van der Waals surface area (Å²) in [5, 5.41) is 11.4. The van der Waals surface area contributed by atoms with Crippen LogP contribution in [0.4, 0.5) is 20.2 Å². The van der Waals surface area contributed by atoms with Crippen molar-refractivity contribution in [3.63, 3.8) is 0 Å². The van der Waals surface area contributed by atoms with Crippen LogP contribution in [0.25, 0.3) is 0 Å². The number of hydrogen-bond acceptors (Lipinski definition) is 2. The van der Waals surface area contributed by atoms with Crippen LogP contribution in [0.5, 0.6) is 0 Å². The van der Waals surface area contributed by atoms with Crippen molar-refractivity contribution in [1.82, 2.24) is 0 Å². The first-order valence-corrected chi connectivity index (χ1v) is 6.71. The third-order valence-electron chi connectivity index (χ3n) is 2.36. The Morgan fingerprint density at radius 1 is 1.05 bits per heavy atom. The van der Waals surface area contributed by atoms with Gasteiger partial charge in [0.1, 0.15) is 5.69 Å². The monoisotopic (exact) mass is 386 g/mol. The Kier molecular flexibility index (Phi) is 4.17. The molecule has 0 aliphatic heterocycles. The van der Waals surface area contributed by atoms with Crippen molar-refractivity contribution in [1.29, 1.82) is 5.26 Å². The molecule has 0 unspecified atom stereocenters. The van der Waals surface area contributed by atoms with Gasteiger partial charge < -0.3 is 5.32 Å². The Balaban J connectivity index is 2.40. The Morgan fingerprint density at radius 2 is 1.68 bits per heavy atom. The van der Waals surface area contributed by atoms with E-state index in [0.717, 1.165) is 0 Å². The second-order valence-corrected chi connectivity index (χ2v) is 5.45. The second-order valence-electron chi connectivity index (χ2n) is 3.68. The molecule has 0 atom stereocenters. The summed E-state index contributed by atoms with van der Waals surface area (Å²) in [5.74, 6) is -1.41. The molecule has 0 aliphatic carbocycles. The minimum absolute atomic E-state index is 0.242. The van der Waals surface area contributed by atoms with Gasteiger partial charge in [-0.25, -0.2) is 8.78 Å². The van der Waals surface area contributed by atoms with Crippen molar-refractivity contribution in [2.45, 2.75) is 0 Å². The standard InChI is InChI=1S/C13H6Br2F2N2/c14-8-4-10(16)13(11(17)5-8)19-12-2-1-7(6-18)3-9(12)15/h1-5,19H. The molecule has 96 valence electrons. The Labute approximate surface area is 125 Å². The van der Waals surface area contributed by atoms with Gasteiger partial charge in [0.15, 0.2) is 11.6 Å². The van der Waals surface area contributed by atoms with E-state index in [-0.39, 0.29) is 5.69 Å². The average molecular weight is 388 g/mol. The molecule has 1 N–H and O–H groups in total. The van der Waals surface area contributed by atoms with Crippen LogP contribution in [0.2, 0.25) is 0 Å². The summed E-state index contributed by atoms with van der Waals surface area (Å²) in [5.41, 5.74) is 0.682. The fraction of sp³-hybridized carbons (Fsp3) is 0. The molecular weight excluding hydrogens is 382 g/mol. The molecule has 0 heterocycles. The van der Waals surface area contributed by atoms with Crippen LogP contribution in [0.1, 0.15) is 5.56 Å². The van der Waals surface area contributed by atoms with Gasteiger partial charge in [-0.3, -0.25) is 0 Å². The molecule has 0 bridgehead atoms. The summed E-state index contributed by atoms with van der Waals surface area (Å²) in [6.45, 7) is 0. The molecule has 6 heteroatoms. The van der Waals surface area contributed by atoms with Crippen LogP contribution in [0.15, 0.2) is 39.3 Å². The molecule has 0 fully saturated rings. The summed E-state index contributed by atoms with van der Waals surface area (Å²) in [4.78, 5) is 0. The summed E-state index contributed by atoms with van der Waals surface area (Å²) in [6, 6.07) is 9.01. The van der Waals surface area contributed by atoms with Crippen molar-refractivity contribution in [2.75, 3.05) is 5.32 Å². The Hall–Kier alpha value is -1.45. The largest absolute Gasteiger partial charge is 0.350 e. The zero-order chi connectivity index (χ0) is 14.0. The predicted octanol–water partition coefficient (Wildman–Crippen LogP) is 5.11. The predicted molar refractivity (Wildman–Crippen MR) is 76.2 cm³/mol. The molecule has 2 aromatic rings. The van der Waals surface area contributed by atoms with Crippen LogP contribution < -0.4 is 5.32 Å². The van der Waals surface area contributed by atoms with E-state index < -0.39 is 11.6 Å². The minimum atomic E-state index is -0.705. The highest BCUT2D eigenvalue weighted by atomic mass is 79.9. The van der Waals surface area contributed by atoms with Gasteiger partial charge in [-0.15, -0.1) is 0 Å². The number of rotatable bonds is 2. The SMILES string of the molecule is N#Cc1ccc(Nc2c(F)cc(Br)cc2F)c(Br)c1. The third kappa shape index (κ3) is 3.11. The van der Waals surface area contributed by atoms with Gasteiger partial charge in [-0.1, -0.05) is 15.9 Å². The highest BCUT2D eigenvalue weighted by molar-refractivity contribution is 9.10. The number of nitrogens with one attached hydrogen (secondary N) is 1. The molecule has 0 aromatic heterocycles. The molecule has 0 aliphatic rings. The first kappa shape index (κ1) is 14.0. The minimum Gasteiger partial charge on any atom is -0.350 e. The summed E-state index contributed by atoms with van der Waals surface area (Å²) in [7, 11) is 0. The number of nitrogens with zero attached hydrogens (tertiary/aromatic N) is 1. The van der Waals surface area contributed by atoms with E-state index in [1.807, 2.05) is 6.07 Å². The molecule has 2 nitrogen and oxygen atoms in total. The number of benzene rings is 2. The smallest absolute Gasteiger partial charge is 0.150 e. The van der Waals surface area contributed by atoms with E-state index in [9.17, 15) is 8.78 Å². The second kappa shape index (κ2) is 5.68. The number of anilines is 2. The first-order chi connectivity index (χ1) is 9.01. The fourth-order valence-electron chi connectivity index (χ4n) is 1.48. The zero-order valence-corrected chi connectivity index (χ0v) is 12.5. The van der Waals surface area contributed by atoms with E-state index >= 15 is 0 Å². The molecule has 0 amide bonds. The Morgan fingerprint density at radius 3 is 2.21 bits per heavy atom. The van der Waals surface area contributed by atoms with Gasteiger partial charge in [-0.05, 0) is 46.3 Å². The number of hydrogen-bond donors (Lipinski definition) is 1. The molecule has 0 spiro atoms. The van der Waals surface area contributed by atoms with Crippen LogP contribution in [-0.4, -0.2) is 0 Å². The lowest BCUT2D eigenvalue weighted by Crippen LogP contribution is -1.98. The first-order valence-electron chi connectivity index (χ1n) is 5.12. The fourth-order valence-corrected chi connectivity index (χ4v) is 2.36. The van der Waals surface area contributed by atoms with Crippen LogP contribution in [0, 0.1) is 23.0 Å². The van der Waals surface area contributed by atoms with Crippen molar-refractivity contribution in [2.24, 2.45) is 0 Å². The molecule has 0 saturated heterocycles. The quantitative estimate of drug-likeness (QED) is 0.777. The van der Waals surface area contributed by atoms with Crippen molar-refractivity contribution >= 4 is 43.2 Å². The lowest BCUT2D eigenvalue weighted by atomic mass is 10.2. The summed E-state index contributed by atoms with van der Waals surface area (Å²) < 4.78 is 28.2. The van der Waals surface area contributed by atoms with E-state index in [1.165, 1.54) is 12.1 Å². The highest BCUT2D eigenvalue weighted by Gasteiger charge is 2.12. The van der Waals surface area contributed by atoms with Crippen LogP contribution in [-0.2, 0) is 0 Å². The van der Waals surface area contributed by atoms with Crippen LogP contribution >= 0.6 is 31.9 Å². The molecule has 2 rings (SSSR count). The topological polar surface area (TPSA) is 35.8 Å². The lowest BCUT2D eigenvalue weighted by Gasteiger charge is -2.11. The average Bonchev–Trinajstić information content (AvgIpc) is 2.35. The van der Waals surface area contributed by atoms with E-state index in [1.54, 1.807) is 18.2 Å². The van der Waals surface area contributed by atoms with Gasteiger partial charge in [0.05, 0.1) is 17.3 Å². The van der Waals surface area contributed by atoms with Gasteiger partial charge in [0.25, 0.3) is 0 Å². The van der Waals surface area contributed by atoms with Crippen molar-refractivity contribution < 1.29 is 8.78 Å². The normalized spacial score (nSPS) is 10.1. The lowest BCUT2D eigenvalue weighted by molar-refractivity contribution is 0.589. The maximum Gasteiger partial charge on any atom is 0.150 e. The van der Waals surface area contributed by atoms with Crippen molar-refractivity contribution in [3.8, 4) is 6.07 Å². The van der Waals surface area contributed by atoms with Gasteiger partial charge in [-0.2, -0.15) is 5.26 Å². The summed E-state index contributed by atoms with van der Waals surface area (Å²) in [6.07, 6.45) is 0. The van der Waals surface area contributed by atoms with Crippen LogP contribution in [0.3, 0.4) is 0 Å². The van der Waals surface area contributed by atoms with E-state index in [0.29, 0.717) is 20.2 Å². The molecule has 0 radical (unpaired) electrons. The highest BCUT2D eigenvalue weighted by Crippen LogP contribution is 2.31. The summed E-state index contributed by atoms with van der Waals surface area (Å²) >= 11 is 6.25. The molecular formula is C13H6Br2F2N2. The molecule has 19 heavy (non-hydrogen) atoms. The maximum absolute atomic E-state index is 13.7. The molecule has 0 saturated carbocycles. The van der Waals surface area contributed by atoms with Gasteiger partial charge in [0, 0.05) is 8.95 Å². The van der Waals surface area contributed by atoms with Gasteiger partial charge in [0.2, 0.25) is 0 Å². The number of halogens is 4. The maximum atomic E-state index is 13.7. The third-order valence-corrected chi connectivity index (χ3v) is 3.48. The Bertz CT molecular complexity index is 658. The van der Waals surface area contributed by atoms with Crippen molar-refractivity contribution in [3.05, 3.63) is 56.5 Å². The molecule has 2 aromatic carbocycles. The van der Waals surface area contributed by atoms with Gasteiger partial charge >= 0.3 is 0 Å². The van der Waals surface area contributed by atoms with E-state index in [4.69, 9.17) is 5.26 Å². The van der Waals surface area contributed by atoms with E-state index in [2.05, 4.69) is 37.2 Å². The number of nitriles is 1. The zero-order valence-electron chi connectivity index (χ0n) is 9.35.